The number of piperidine rings is 1. The summed E-state index contributed by atoms with van der Waals surface area (Å²) in [6.45, 7) is 2.84. The second-order valence-electron chi connectivity index (χ2n) is 10.8. The summed E-state index contributed by atoms with van der Waals surface area (Å²) in [4.78, 5) is 70.8. The maximum atomic E-state index is 13.7. The number of rotatable bonds is 6. The van der Waals surface area contributed by atoms with E-state index in [0.717, 1.165) is 54.7 Å². The summed E-state index contributed by atoms with van der Waals surface area (Å²) in [7, 11) is 0. The monoisotopic (exact) mass is 584 g/mol. The molecule has 0 bridgehead atoms. The van der Waals surface area contributed by atoms with Gasteiger partial charge in [-0.3, -0.25) is 23.9 Å². The van der Waals surface area contributed by atoms with Crippen molar-refractivity contribution in [3.05, 3.63) is 69.0 Å². The van der Waals surface area contributed by atoms with E-state index in [2.05, 4.69) is 5.32 Å². The summed E-state index contributed by atoms with van der Waals surface area (Å²) in [5, 5.41) is 23.9. The Morgan fingerprint density at radius 1 is 0.881 bits per heavy atom. The number of nitrogens with one attached hydrogen (secondary N) is 2. The number of hydrogen-bond acceptors (Lipinski definition) is 8. The highest BCUT2D eigenvalue weighted by Crippen LogP contribution is 2.28. The molecule has 0 spiro atoms. The van der Waals surface area contributed by atoms with Gasteiger partial charge in [0.2, 0.25) is 5.91 Å². The average Bonchev–Trinajstić information content (AvgIpc) is 3.30. The summed E-state index contributed by atoms with van der Waals surface area (Å²) in [5.74, 6) is -1.19. The number of nitrogens with zero attached hydrogens (tertiary/aromatic N) is 4. The van der Waals surface area contributed by atoms with Gasteiger partial charge in [-0.1, -0.05) is 30.3 Å². The van der Waals surface area contributed by atoms with Gasteiger partial charge in [-0.05, 0) is 24.8 Å². The van der Waals surface area contributed by atoms with Gasteiger partial charge in [0, 0.05) is 58.0 Å². The van der Waals surface area contributed by atoms with Gasteiger partial charge in [0.05, 0.1) is 0 Å². The lowest BCUT2D eigenvalue weighted by molar-refractivity contribution is -0.144. The van der Waals surface area contributed by atoms with Crippen molar-refractivity contribution in [3.8, 4) is 0 Å². The van der Waals surface area contributed by atoms with Crippen LogP contribution in [-0.2, 0) is 20.7 Å². The molecule has 3 aliphatic rings. The van der Waals surface area contributed by atoms with Crippen LogP contribution < -0.4 is 16.6 Å². The van der Waals surface area contributed by atoms with Crippen molar-refractivity contribution in [2.24, 2.45) is 0 Å². The highest BCUT2D eigenvalue weighted by Gasteiger charge is 2.48. The van der Waals surface area contributed by atoms with Gasteiger partial charge in [-0.25, -0.2) is 9.59 Å². The molecule has 4 N–H and O–H groups in total. The number of aromatic amines is 1. The molecule has 42 heavy (non-hydrogen) atoms. The van der Waals surface area contributed by atoms with Crippen molar-refractivity contribution in [2.75, 3.05) is 39.3 Å². The SMILES string of the molecule is O=C(N[C@H](Cc1ccccc1)C(=O)N1CCN(C(=O)N2CCCCC2)CC1)[C@H]1O[C@@H](n2ccc(=O)[nH]c2=O)[C@H](O)[C@@H]1O. The second kappa shape index (κ2) is 12.9. The number of piperazine rings is 1. The van der Waals surface area contributed by atoms with Crippen LogP contribution in [0.2, 0.25) is 0 Å². The Hall–Kier alpha value is -4.01. The van der Waals surface area contributed by atoms with Gasteiger partial charge in [-0.15, -0.1) is 0 Å². The first kappa shape index (κ1) is 29.5. The van der Waals surface area contributed by atoms with E-state index in [1.807, 2.05) is 40.2 Å². The molecular formula is C28H36N6O8. The molecule has 4 heterocycles. The van der Waals surface area contributed by atoms with Crippen LogP contribution in [-0.4, -0.2) is 116 Å². The summed E-state index contributed by atoms with van der Waals surface area (Å²) in [6, 6.07) is 9.12. The lowest BCUT2D eigenvalue weighted by Crippen LogP contribution is -2.59. The topological polar surface area (TPSA) is 178 Å². The van der Waals surface area contributed by atoms with E-state index < -0.39 is 47.7 Å². The molecule has 1 aromatic carbocycles. The van der Waals surface area contributed by atoms with Crippen LogP contribution in [0.15, 0.2) is 52.2 Å². The molecule has 1 aromatic heterocycles. The Labute approximate surface area is 241 Å². The van der Waals surface area contributed by atoms with Crippen LogP contribution in [0.1, 0.15) is 31.1 Å². The molecule has 3 aliphatic heterocycles. The number of carbonyl (C=O) groups is 3. The maximum Gasteiger partial charge on any atom is 0.330 e. The first-order chi connectivity index (χ1) is 20.2. The van der Waals surface area contributed by atoms with E-state index in [0.29, 0.717) is 26.2 Å². The molecule has 0 unspecified atom stereocenters. The van der Waals surface area contributed by atoms with E-state index in [1.54, 1.807) is 9.80 Å². The molecule has 14 heteroatoms. The highest BCUT2D eigenvalue weighted by molar-refractivity contribution is 5.90. The Morgan fingerprint density at radius 2 is 1.52 bits per heavy atom. The minimum absolute atomic E-state index is 0.0157. The molecule has 3 saturated heterocycles. The number of benzene rings is 1. The maximum absolute atomic E-state index is 13.7. The molecule has 5 rings (SSSR count). The minimum atomic E-state index is -1.70. The molecule has 0 aliphatic carbocycles. The summed E-state index contributed by atoms with van der Waals surface area (Å²) >= 11 is 0. The molecule has 3 fully saturated rings. The quantitative estimate of drug-likeness (QED) is 0.321. The van der Waals surface area contributed by atoms with E-state index in [9.17, 15) is 34.2 Å². The van der Waals surface area contributed by atoms with Crippen LogP contribution in [0, 0.1) is 0 Å². The molecule has 2 aromatic rings. The lowest BCUT2D eigenvalue weighted by atomic mass is 10.0. The second-order valence-corrected chi connectivity index (χ2v) is 10.8. The fourth-order valence-corrected chi connectivity index (χ4v) is 5.66. The number of H-pyrrole nitrogens is 1. The van der Waals surface area contributed by atoms with E-state index in [-0.39, 0.29) is 18.4 Å². The van der Waals surface area contributed by atoms with Gasteiger partial charge in [-0.2, -0.15) is 0 Å². The third kappa shape index (κ3) is 6.40. The zero-order valence-corrected chi connectivity index (χ0v) is 23.1. The number of hydrogen-bond donors (Lipinski definition) is 4. The lowest BCUT2D eigenvalue weighted by Gasteiger charge is -2.39. The molecule has 14 nitrogen and oxygen atoms in total. The van der Waals surface area contributed by atoms with Gasteiger partial charge in [0.15, 0.2) is 12.3 Å². The summed E-state index contributed by atoms with van der Waals surface area (Å²) in [6.07, 6.45) is -2.03. The molecule has 226 valence electrons. The van der Waals surface area contributed by atoms with E-state index in [4.69, 9.17) is 4.74 Å². The third-order valence-corrected chi connectivity index (χ3v) is 8.01. The van der Waals surface area contributed by atoms with Crippen molar-refractivity contribution >= 4 is 17.8 Å². The van der Waals surface area contributed by atoms with E-state index >= 15 is 0 Å². The smallest absolute Gasteiger partial charge is 0.330 e. The molecule has 5 atom stereocenters. The van der Waals surface area contributed by atoms with Gasteiger partial charge in [0.25, 0.3) is 11.5 Å². The number of aliphatic hydroxyl groups is 2. The Balaban J connectivity index is 1.27. The predicted octanol–water partition coefficient (Wildman–Crippen LogP) is -1.37. The highest BCUT2D eigenvalue weighted by atomic mass is 16.6. The zero-order valence-electron chi connectivity index (χ0n) is 23.1. The summed E-state index contributed by atoms with van der Waals surface area (Å²) < 4.78 is 6.46. The van der Waals surface area contributed by atoms with Crippen molar-refractivity contribution < 1.29 is 29.3 Å². The predicted molar refractivity (Wildman–Crippen MR) is 148 cm³/mol. The third-order valence-electron chi connectivity index (χ3n) is 8.01. The average molecular weight is 585 g/mol. The number of aliphatic hydroxyl groups excluding tert-OH is 2. The van der Waals surface area contributed by atoms with Crippen molar-refractivity contribution in [2.45, 2.75) is 56.3 Å². The zero-order chi connectivity index (χ0) is 29.8. The number of aromatic nitrogens is 2. The molecule has 0 radical (unpaired) electrons. The number of carbonyl (C=O) groups excluding carboxylic acids is 3. The molecular weight excluding hydrogens is 548 g/mol. The standard InChI is InChI=1S/C28H36N6O8/c35-20-9-12-34(27(40)30-20)26-22(37)21(36)23(42-26)24(38)29-19(17-18-7-3-1-4-8-18)25(39)31-13-15-33(16-14-31)28(41)32-10-5-2-6-11-32/h1,3-4,7-9,12,19,21-23,26,36-37H,2,5-6,10-11,13-17H2,(H,29,38)(H,30,35,40)/t19-,21+,22-,23+,26-/m1/s1. The number of ether oxygens (including phenoxy) is 1. The van der Waals surface area contributed by atoms with Crippen LogP contribution in [0.5, 0.6) is 0 Å². The molecule has 0 saturated carbocycles. The van der Waals surface area contributed by atoms with Gasteiger partial charge in [0.1, 0.15) is 18.2 Å². The molecule has 4 amide bonds. The fourth-order valence-electron chi connectivity index (χ4n) is 5.66. The van der Waals surface area contributed by atoms with Crippen molar-refractivity contribution in [1.82, 2.24) is 29.6 Å². The minimum Gasteiger partial charge on any atom is -0.387 e. The van der Waals surface area contributed by atoms with Crippen LogP contribution in [0.25, 0.3) is 0 Å². The number of amides is 4. The van der Waals surface area contributed by atoms with Gasteiger partial charge < -0.3 is 35.0 Å². The van der Waals surface area contributed by atoms with Crippen LogP contribution in [0.3, 0.4) is 0 Å². The first-order valence-corrected chi connectivity index (χ1v) is 14.2. The van der Waals surface area contributed by atoms with Crippen molar-refractivity contribution in [1.29, 1.82) is 0 Å². The van der Waals surface area contributed by atoms with Crippen molar-refractivity contribution in [3.63, 3.8) is 0 Å². The van der Waals surface area contributed by atoms with Gasteiger partial charge >= 0.3 is 11.7 Å². The number of likely N-dealkylation sites (tertiary alicyclic amines) is 1. The normalized spacial score (nSPS) is 25.2. The fraction of sp³-hybridized carbons (Fsp3) is 0.536. The Kier molecular flexibility index (Phi) is 9.04. The van der Waals surface area contributed by atoms with Crippen LogP contribution in [0.4, 0.5) is 4.79 Å². The number of urea groups is 1. The Morgan fingerprint density at radius 3 is 2.19 bits per heavy atom. The largest absolute Gasteiger partial charge is 0.387 e. The Bertz CT molecular complexity index is 1380. The summed E-state index contributed by atoms with van der Waals surface area (Å²) in [5.41, 5.74) is -0.743. The van der Waals surface area contributed by atoms with E-state index in [1.165, 1.54) is 0 Å². The van der Waals surface area contributed by atoms with Crippen LogP contribution >= 0.6 is 0 Å². The first-order valence-electron chi connectivity index (χ1n) is 14.2.